The number of carbonyl (C=O) groups is 1. The van der Waals surface area contributed by atoms with E-state index in [1.165, 1.54) is 15.9 Å². The van der Waals surface area contributed by atoms with E-state index < -0.39 is 12.3 Å². The average molecular weight is 344 g/mol. The van der Waals surface area contributed by atoms with Gasteiger partial charge in [-0.1, -0.05) is 0 Å². The zero-order chi connectivity index (χ0) is 12.8. The molecule has 1 aromatic carbocycles. The summed E-state index contributed by atoms with van der Waals surface area (Å²) in [5, 5.41) is 3.04. The number of anilines is 1. The molecule has 98 valence electrons. The molecule has 0 saturated carbocycles. The van der Waals surface area contributed by atoms with Gasteiger partial charge in [0.15, 0.2) is 0 Å². The summed E-state index contributed by atoms with van der Waals surface area (Å²) in [6.45, 7) is 0.568. The molecule has 2 rings (SSSR count). The summed E-state index contributed by atoms with van der Waals surface area (Å²) < 4.78 is 1.37. The molecule has 1 saturated heterocycles. The third-order valence-corrected chi connectivity index (χ3v) is 16.2. The Balaban J connectivity index is 2.05. The molecular weight excluding hydrogens is 327 g/mol. The van der Waals surface area contributed by atoms with Crippen molar-refractivity contribution in [3.8, 4) is 0 Å². The first kappa shape index (κ1) is 14.3. The van der Waals surface area contributed by atoms with Crippen LogP contribution < -0.4 is 15.4 Å². The predicted octanol–water partition coefficient (Wildman–Crippen LogP) is 1.54. The zero-order valence-corrected chi connectivity index (χ0v) is 13.6. The van der Waals surface area contributed by atoms with Gasteiger partial charge in [-0.25, -0.2) is 0 Å². The first-order valence-corrected chi connectivity index (χ1v) is 13.4. The van der Waals surface area contributed by atoms with E-state index in [2.05, 4.69) is 37.5 Å². The Labute approximate surface area is 119 Å². The van der Waals surface area contributed by atoms with Crippen molar-refractivity contribution < 1.29 is 4.79 Å². The van der Waals surface area contributed by atoms with Gasteiger partial charge in [0.2, 0.25) is 0 Å². The topological polar surface area (TPSA) is 55.1 Å². The number of benzene rings is 1. The SMILES string of the molecule is NCCCC(=O)Nc1ccccc1[As]1SCCS1. The first-order chi connectivity index (χ1) is 8.81. The minimum atomic E-state index is -1.04. The fourth-order valence-electron chi connectivity index (χ4n) is 1.63. The van der Waals surface area contributed by atoms with Crippen molar-refractivity contribution in [2.24, 2.45) is 5.73 Å². The second-order valence-corrected chi connectivity index (χ2v) is 15.5. The molecule has 1 aromatic rings. The van der Waals surface area contributed by atoms with Crippen LogP contribution in [0.3, 0.4) is 0 Å². The molecule has 0 bridgehead atoms. The van der Waals surface area contributed by atoms with Crippen LogP contribution >= 0.6 is 20.0 Å². The molecule has 1 amide bonds. The van der Waals surface area contributed by atoms with Gasteiger partial charge in [0.25, 0.3) is 0 Å². The number of hydrogen-bond donors (Lipinski definition) is 2. The fraction of sp³-hybridized carbons (Fsp3) is 0.417. The molecule has 0 unspecified atom stereocenters. The van der Waals surface area contributed by atoms with Gasteiger partial charge in [-0.15, -0.1) is 0 Å². The van der Waals surface area contributed by atoms with Crippen molar-refractivity contribution in [3.05, 3.63) is 24.3 Å². The molecule has 1 aliphatic heterocycles. The number of nitrogens with two attached hydrogens (primary N) is 1. The summed E-state index contributed by atoms with van der Waals surface area (Å²) in [4.78, 5) is 11.8. The molecule has 3 nitrogen and oxygen atoms in total. The third kappa shape index (κ3) is 3.95. The standard InChI is InChI=1S/C12H17AsN2OS2/c14-7-3-6-12(16)15-11-5-2-1-4-10(11)13-17-8-9-18-13/h1-2,4-5H,3,6-9,14H2,(H,15,16). The van der Waals surface area contributed by atoms with Gasteiger partial charge in [-0.3, -0.25) is 0 Å². The van der Waals surface area contributed by atoms with E-state index in [0.29, 0.717) is 13.0 Å². The number of amides is 1. The van der Waals surface area contributed by atoms with Crippen LogP contribution in [-0.2, 0) is 4.79 Å². The van der Waals surface area contributed by atoms with Gasteiger partial charge < -0.3 is 0 Å². The normalized spacial score (nSPS) is 15.8. The second-order valence-electron chi connectivity index (χ2n) is 3.88. The maximum absolute atomic E-state index is 11.8. The van der Waals surface area contributed by atoms with Crippen LogP contribution in [0.25, 0.3) is 0 Å². The number of nitrogens with one attached hydrogen (secondary N) is 1. The summed E-state index contributed by atoms with van der Waals surface area (Å²) >= 11 is -1.04. The van der Waals surface area contributed by atoms with E-state index in [9.17, 15) is 4.79 Å². The van der Waals surface area contributed by atoms with Gasteiger partial charge in [-0.05, 0) is 0 Å². The Morgan fingerprint density at radius 1 is 1.33 bits per heavy atom. The second kappa shape index (κ2) is 7.49. The molecule has 0 aliphatic carbocycles. The van der Waals surface area contributed by atoms with Gasteiger partial charge >= 0.3 is 119 Å². The van der Waals surface area contributed by atoms with Crippen LogP contribution in [0, 0.1) is 0 Å². The van der Waals surface area contributed by atoms with Crippen molar-refractivity contribution in [1.82, 2.24) is 0 Å². The Morgan fingerprint density at radius 2 is 2.06 bits per heavy atom. The molecule has 0 spiro atoms. The van der Waals surface area contributed by atoms with Gasteiger partial charge in [-0.2, -0.15) is 0 Å². The summed E-state index contributed by atoms with van der Waals surface area (Å²) in [6, 6.07) is 8.24. The Hall–Kier alpha value is -0.0916. The summed E-state index contributed by atoms with van der Waals surface area (Å²) in [5.41, 5.74) is 6.44. The van der Waals surface area contributed by atoms with Crippen molar-refractivity contribution in [2.45, 2.75) is 12.8 Å². The average Bonchev–Trinajstić information content (AvgIpc) is 2.91. The van der Waals surface area contributed by atoms with Gasteiger partial charge in [0, 0.05) is 0 Å². The first-order valence-electron chi connectivity index (χ1n) is 5.96. The molecule has 3 N–H and O–H groups in total. The summed E-state index contributed by atoms with van der Waals surface area (Å²) in [5.74, 6) is 2.58. The van der Waals surface area contributed by atoms with Gasteiger partial charge in [0.1, 0.15) is 0 Å². The quantitative estimate of drug-likeness (QED) is 0.796. The molecule has 1 fully saturated rings. The van der Waals surface area contributed by atoms with E-state index in [1.54, 1.807) is 0 Å². The maximum atomic E-state index is 11.8. The minimum absolute atomic E-state index is 0.0797. The molecule has 6 heteroatoms. The number of carbonyl (C=O) groups excluding carboxylic acids is 1. The van der Waals surface area contributed by atoms with Crippen LogP contribution in [0.4, 0.5) is 5.69 Å². The van der Waals surface area contributed by atoms with Crippen LogP contribution in [0.5, 0.6) is 0 Å². The number of para-hydroxylation sites is 1. The van der Waals surface area contributed by atoms with Gasteiger partial charge in [0.05, 0.1) is 0 Å². The molecular formula is C12H17AsN2OS2. The van der Waals surface area contributed by atoms with E-state index >= 15 is 0 Å². The molecule has 0 radical (unpaired) electrons. The van der Waals surface area contributed by atoms with Crippen LogP contribution in [0.15, 0.2) is 24.3 Å². The van der Waals surface area contributed by atoms with E-state index in [-0.39, 0.29) is 5.91 Å². The molecule has 18 heavy (non-hydrogen) atoms. The van der Waals surface area contributed by atoms with Crippen LogP contribution in [0.2, 0.25) is 0 Å². The molecule has 1 aliphatic rings. The number of rotatable bonds is 5. The third-order valence-electron chi connectivity index (χ3n) is 2.48. The molecule has 1 heterocycles. The molecule has 0 atom stereocenters. The summed E-state index contributed by atoms with van der Waals surface area (Å²) in [6.07, 6.45) is 1.26. The van der Waals surface area contributed by atoms with E-state index in [0.717, 1.165) is 12.1 Å². The predicted molar refractivity (Wildman–Crippen MR) is 83.7 cm³/mol. The Morgan fingerprint density at radius 3 is 2.78 bits per heavy atom. The van der Waals surface area contributed by atoms with Crippen LogP contribution in [0.1, 0.15) is 12.8 Å². The van der Waals surface area contributed by atoms with Crippen LogP contribution in [-0.4, -0.2) is 36.3 Å². The zero-order valence-electron chi connectivity index (χ0n) is 10.1. The Kier molecular flexibility index (Phi) is 5.96. The van der Waals surface area contributed by atoms with Crippen molar-refractivity contribution in [3.63, 3.8) is 0 Å². The number of hydrogen-bond acceptors (Lipinski definition) is 4. The van der Waals surface area contributed by atoms with E-state index in [1.807, 2.05) is 12.1 Å². The van der Waals surface area contributed by atoms with Crippen molar-refractivity contribution in [1.29, 1.82) is 0 Å². The van der Waals surface area contributed by atoms with Crippen molar-refractivity contribution >= 4 is 48.3 Å². The van der Waals surface area contributed by atoms with Crippen molar-refractivity contribution in [2.75, 3.05) is 23.4 Å². The fourth-order valence-corrected chi connectivity index (χ4v) is 16.3. The van der Waals surface area contributed by atoms with E-state index in [4.69, 9.17) is 5.73 Å². The Bertz CT molecular complexity index is 411. The monoisotopic (exact) mass is 344 g/mol. The summed E-state index contributed by atoms with van der Waals surface area (Å²) in [7, 11) is 4.18. The molecule has 0 aromatic heterocycles.